The Bertz CT molecular complexity index is 2000. The van der Waals surface area contributed by atoms with E-state index in [1.165, 1.54) is 0 Å². The van der Waals surface area contributed by atoms with Crippen LogP contribution >= 0.6 is 0 Å². The number of rotatable bonds is 4. The number of fused-ring (bicyclic) bond motifs is 2. The van der Waals surface area contributed by atoms with Gasteiger partial charge in [-0.25, -0.2) is 19.9 Å². The Morgan fingerprint density at radius 1 is 0.452 bits per heavy atom. The van der Waals surface area contributed by atoms with Gasteiger partial charge in [-0.3, -0.25) is 9.97 Å². The van der Waals surface area contributed by atoms with Crippen molar-refractivity contribution in [3.05, 3.63) is 120 Å². The summed E-state index contributed by atoms with van der Waals surface area (Å²) < 4.78 is 0. The summed E-state index contributed by atoms with van der Waals surface area (Å²) >= 11 is 0. The Morgan fingerprint density at radius 2 is 0.905 bits per heavy atom. The molecule has 202 valence electrons. The van der Waals surface area contributed by atoms with Crippen LogP contribution in [-0.2, 0) is 0 Å². The second-order valence-corrected chi connectivity index (χ2v) is 10.7. The third-order valence-corrected chi connectivity index (χ3v) is 7.58. The van der Waals surface area contributed by atoms with Crippen molar-refractivity contribution in [3.63, 3.8) is 0 Å². The number of benzene rings is 3. The molecular formula is C36H28N6. The quantitative estimate of drug-likeness (QED) is 0.222. The highest BCUT2D eigenvalue weighted by atomic mass is 14.9. The van der Waals surface area contributed by atoms with Gasteiger partial charge in [0.2, 0.25) is 0 Å². The molecule has 4 aromatic heterocycles. The largest absolute Gasteiger partial charge is 0.261 e. The zero-order valence-corrected chi connectivity index (χ0v) is 23.9. The highest BCUT2D eigenvalue weighted by Gasteiger charge is 2.17. The van der Waals surface area contributed by atoms with Crippen LogP contribution in [0.5, 0.6) is 0 Å². The van der Waals surface area contributed by atoms with E-state index < -0.39 is 0 Å². The molecule has 7 aromatic rings. The number of para-hydroxylation sites is 2. The third kappa shape index (κ3) is 4.57. The molecule has 6 nitrogen and oxygen atoms in total. The lowest BCUT2D eigenvalue weighted by Crippen LogP contribution is -1.99. The number of nitrogens with zero attached hydrogens (tertiary/aromatic N) is 6. The maximum absolute atomic E-state index is 5.15. The van der Waals surface area contributed by atoms with E-state index in [4.69, 9.17) is 19.9 Å². The molecule has 0 radical (unpaired) electrons. The van der Waals surface area contributed by atoms with Crippen molar-refractivity contribution in [2.75, 3.05) is 0 Å². The first-order valence-corrected chi connectivity index (χ1v) is 14.0. The van der Waals surface area contributed by atoms with Crippen LogP contribution in [0.2, 0.25) is 0 Å². The smallest absolute Gasteiger partial charge is 0.160 e. The van der Waals surface area contributed by atoms with Crippen molar-refractivity contribution in [3.8, 4) is 45.3 Å². The van der Waals surface area contributed by atoms with Crippen LogP contribution in [0.4, 0.5) is 0 Å². The lowest BCUT2D eigenvalue weighted by atomic mass is 9.99. The van der Waals surface area contributed by atoms with Crippen LogP contribution in [0.15, 0.2) is 97.3 Å². The van der Waals surface area contributed by atoms with Crippen molar-refractivity contribution >= 4 is 21.8 Å². The first kappa shape index (κ1) is 25.6. The van der Waals surface area contributed by atoms with Crippen molar-refractivity contribution in [2.45, 2.75) is 27.7 Å². The van der Waals surface area contributed by atoms with Gasteiger partial charge in [0.25, 0.3) is 0 Å². The van der Waals surface area contributed by atoms with E-state index in [1.807, 2.05) is 76.5 Å². The van der Waals surface area contributed by atoms with Gasteiger partial charge < -0.3 is 0 Å². The third-order valence-electron chi connectivity index (χ3n) is 7.58. The van der Waals surface area contributed by atoms with Crippen LogP contribution in [0.1, 0.15) is 22.5 Å². The van der Waals surface area contributed by atoms with Crippen molar-refractivity contribution < 1.29 is 0 Å². The van der Waals surface area contributed by atoms with E-state index in [0.717, 1.165) is 78.0 Å². The van der Waals surface area contributed by atoms with Crippen molar-refractivity contribution in [2.24, 2.45) is 0 Å². The Morgan fingerprint density at radius 3 is 1.38 bits per heavy atom. The maximum Gasteiger partial charge on any atom is 0.160 e. The second kappa shape index (κ2) is 10.2. The van der Waals surface area contributed by atoms with Gasteiger partial charge in [-0.2, -0.15) is 0 Å². The zero-order chi connectivity index (χ0) is 28.8. The molecule has 42 heavy (non-hydrogen) atoms. The molecule has 0 aliphatic rings. The maximum atomic E-state index is 5.15. The van der Waals surface area contributed by atoms with Gasteiger partial charge in [0.15, 0.2) is 11.6 Å². The number of hydrogen-bond donors (Lipinski definition) is 0. The first-order valence-electron chi connectivity index (χ1n) is 14.0. The molecular weight excluding hydrogens is 516 g/mol. The Balaban J connectivity index is 1.45. The summed E-state index contributed by atoms with van der Waals surface area (Å²) in [5.74, 6) is 1.38. The number of hydrogen-bond acceptors (Lipinski definition) is 6. The van der Waals surface area contributed by atoms with Crippen LogP contribution in [-0.4, -0.2) is 29.9 Å². The second-order valence-electron chi connectivity index (χ2n) is 10.7. The number of aromatic nitrogens is 6. The Labute approximate surface area is 244 Å². The standard InChI is InChI=1S/C36H28N6/c1-21-19-37-23(3)16-29(21)35-39-31-14-7-5-12-27(31)33(41-35)25-10-9-11-26(18-25)34-28-13-6-8-15-32(28)40-36(42-34)30-17-24(4)38-20-22(30)2/h5-20H,1-4H3. The van der Waals surface area contributed by atoms with Crippen LogP contribution in [0, 0.1) is 27.7 Å². The van der Waals surface area contributed by atoms with Gasteiger partial charge in [-0.05, 0) is 69.2 Å². The molecule has 0 saturated heterocycles. The van der Waals surface area contributed by atoms with E-state index >= 15 is 0 Å². The fourth-order valence-corrected chi connectivity index (χ4v) is 5.39. The van der Waals surface area contributed by atoms with Gasteiger partial charge in [0, 0.05) is 56.8 Å². The highest BCUT2D eigenvalue weighted by molar-refractivity contribution is 5.97. The normalized spacial score (nSPS) is 11.3. The van der Waals surface area contributed by atoms with Crippen LogP contribution < -0.4 is 0 Å². The van der Waals surface area contributed by atoms with E-state index in [1.54, 1.807) is 0 Å². The Hall–Kier alpha value is -5.36. The minimum atomic E-state index is 0.690. The topological polar surface area (TPSA) is 77.3 Å². The van der Waals surface area contributed by atoms with Crippen LogP contribution in [0.3, 0.4) is 0 Å². The average molecular weight is 545 g/mol. The van der Waals surface area contributed by atoms with Gasteiger partial charge in [0.1, 0.15) is 0 Å². The summed E-state index contributed by atoms with van der Waals surface area (Å²) in [5.41, 5.74) is 11.5. The first-order chi connectivity index (χ1) is 20.4. The van der Waals surface area contributed by atoms with Gasteiger partial charge in [-0.1, -0.05) is 54.6 Å². The highest BCUT2D eigenvalue weighted by Crippen LogP contribution is 2.35. The van der Waals surface area contributed by atoms with Gasteiger partial charge in [-0.15, -0.1) is 0 Å². The molecule has 0 unspecified atom stereocenters. The minimum absolute atomic E-state index is 0.690. The SMILES string of the molecule is Cc1cc(-c2nc(-c3cccc(-c4nc(-c5cc(C)ncc5C)nc5ccccc45)c3)c3ccccc3n2)c(C)cn1. The van der Waals surface area contributed by atoms with E-state index in [0.29, 0.717) is 11.6 Å². The summed E-state index contributed by atoms with van der Waals surface area (Å²) in [5, 5.41) is 2.00. The molecule has 6 heteroatoms. The van der Waals surface area contributed by atoms with Gasteiger partial charge in [0.05, 0.1) is 22.4 Å². The molecule has 0 amide bonds. The molecule has 7 rings (SSSR count). The molecule has 0 aliphatic heterocycles. The molecule has 0 fully saturated rings. The summed E-state index contributed by atoms with van der Waals surface area (Å²) in [6, 6.07) is 28.9. The zero-order valence-electron chi connectivity index (χ0n) is 23.9. The molecule has 0 spiro atoms. The molecule has 4 heterocycles. The van der Waals surface area contributed by atoms with E-state index in [9.17, 15) is 0 Å². The lowest BCUT2D eigenvalue weighted by Gasteiger charge is -2.13. The molecule has 0 saturated carbocycles. The van der Waals surface area contributed by atoms with Crippen molar-refractivity contribution in [1.29, 1.82) is 0 Å². The average Bonchev–Trinajstić information content (AvgIpc) is 3.02. The minimum Gasteiger partial charge on any atom is -0.261 e. The lowest BCUT2D eigenvalue weighted by molar-refractivity contribution is 1.14. The molecule has 3 aromatic carbocycles. The summed E-state index contributed by atoms with van der Waals surface area (Å²) in [4.78, 5) is 29.1. The summed E-state index contributed by atoms with van der Waals surface area (Å²) in [6.07, 6.45) is 3.76. The summed E-state index contributed by atoms with van der Waals surface area (Å²) in [7, 11) is 0. The molecule has 0 aliphatic carbocycles. The van der Waals surface area contributed by atoms with E-state index in [-0.39, 0.29) is 0 Å². The van der Waals surface area contributed by atoms with Gasteiger partial charge >= 0.3 is 0 Å². The van der Waals surface area contributed by atoms with E-state index in [2.05, 4.69) is 58.5 Å². The fourth-order valence-electron chi connectivity index (χ4n) is 5.39. The molecule has 0 bridgehead atoms. The number of pyridine rings is 2. The Kier molecular flexibility index (Phi) is 6.24. The van der Waals surface area contributed by atoms with Crippen LogP contribution in [0.25, 0.3) is 67.1 Å². The molecule has 0 atom stereocenters. The summed E-state index contributed by atoms with van der Waals surface area (Å²) in [6.45, 7) is 8.07. The van der Waals surface area contributed by atoms with Crippen molar-refractivity contribution in [1.82, 2.24) is 29.9 Å². The monoisotopic (exact) mass is 544 g/mol. The predicted molar refractivity (Wildman–Crippen MR) is 169 cm³/mol. The number of aryl methyl sites for hydroxylation is 4. The molecule has 0 N–H and O–H groups in total. The fraction of sp³-hybridized carbons (Fsp3) is 0.111. The predicted octanol–water partition coefficient (Wildman–Crippen LogP) is 8.26.